The van der Waals surface area contributed by atoms with E-state index >= 15 is 0 Å². The number of rotatable bonds is 2. The summed E-state index contributed by atoms with van der Waals surface area (Å²) in [5, 5.41) is 27.8. The monoisotopic (exact) mass is 237 g/mol. The third-order valence-corrected chi connectivity index (χ3v) is 2.33. The molecule has 0 heterocycles. The number of aliphatic hydroxyl groups excluding tert-OH is 2. The van der Waals surface area contributed by atoms with Crippen molar-refractivity contribution in [1.29, 1.82) is 0 Å². The zero-order valence-electron chi connectivity index (χ0n) is 9.14. The molecule has 1 aliphatic carbocycles. The minimum Gasteiger partial charge on any atom is -0.478 e. The first-order chi connectivity index (χ1) is 6.45. The van der Waals surface area contributed by atoms with E-state index in [9.17, 15) is 15.0 Å². The topological polar surface area (TPSA) is 77.8 Å². The van der Waals surface area contributed by atoms with Crippen molar-refractivity contribution in [3.63, 3.8) is 0 Å². The Balaban J connectivity index is 0.00000196. The second-order valence-corrected chi connectivity index (χ2v) is 3.64. The van der Waals surface area contributed by atoms with E-state index in [0.717, 1.165) is 0 Å². The number of carbonyl (C=O) groups is 1. The number of hydrogen-bond donors (Lipinski definition) is 3. The van der Waals surface area contributed by atoms with Crippen molar-refractivity contribution in [3.8, 4) is 0 Å². The molecule has 0 bridgehead atoms. The smallest absolute Gasteiger partial charge is 0.334 e. The van der Waals surface area contributed by atoms with Gasteiger partial charge in [0.1, 0.15) is 12.2 Å². The normalized spacial score (nSPS) is 25.4. The summed E-state index contributed by atoms with van der Waals surface area (Å²) in [7, 11) is 0. The maximum Gasteiger partial charge on any atom is 0.334 e. The van der Waals surface area contributed by atoms with Crippen LogP contribution in [0.15, 0.2) is 23.3 Å². The van der Waals surface area contributed by atoms with E-state index in [2.05, 4.69) is 0 Å². The maximum absolute atomic E-state index is 10.6. The molecule has 0 amide bonds. The third kappa shape index (κ3) is 3.49. The summed E-state index contributed by atoms with van der Waals surface area (Å²) in [6.07, 6.45) is 0.474. The van der Waals surface area contributed by atoms with Gasteiger partial charge in [0.05, 0.1) is 5.57 Å². The third-order valence-electron chi connectivity index (χ3n) is 2.33. The van der Waals surface area contributed by atoms with Gasteiger partial charge in [-0.15, -0.1) is 0 Å². The second-order valence-electron chi connectivity index (χ2n) is 3.64. The fourth-order valence-electron chi connectivity index (χ4n) is 1.47. The first kappa shape index (κ1) is 15.5. The van der Waals surface area contributed by atoms with Gasteiger partial charge in [-0.25, -0.2) is 4.79 Å². The Labute approximate surface area is 131 Å². The zero-order valence-corrected chi connectivity index (χ0v) is 12.3. The van der Waals surface area contributed by atoms with Crippen molar-refractivity contribution in [1.82, 2.24) is 0 Å². The quantitative estimate of drug-likeness (QED) is 0.588. The molecule has 0 spiro atoms. The molecule has 0 aromatic heterocycles. The Kier molecular flexibility index (Phi) is 6.51. The van der Waals surface area contributed by atoms with Crippen molar-refractivity contribution in [2.75, 3.05) is 0 Å². The molecule has 5 heteroatoms. The summed E-state index contributed by atoms with van der Waals surface area (Å²) in [4.78, 5) is 10.6. The number of allylic oxidation sites excluding steroid dienone is 2. The van der Waals surface area contributed by atoms with Crippen LogP contribution >= 0.6 is 0 Å². The van der Waals surface area contributed by atoms with Gasteiger partial charge in [-0.3, -0.25) is 0 Å². The van der Waals surface area contributed by atoms with Crippen molar-refractivity contribution >= 4 is 57.4 Å². The first-order valence-corrected chi connectivity index (χ1v) is 4.46. The molecular weight excluding hydrogens is 223 g/mol. The molecule has 1 radical (unpaired) electrons. The Morgan fingerprint density at radius 2 is 1.80 bits per heavy atom. The molecular formula is C10H14KO4. The minimum absolute atomic E-state index is 0. The summed E-state index contributed by atoms with van der Waals surface area (Å²) < 4.78 is 0. The number of aliphatic carboxylic acids is 1. The molecule has 2 atom stereocenters. The molecule has 3 N–H and O–H groups in total. The number of aliphatic hydroxyl groups is 2. The fraction of sp³-hybridized carbons (Fsp3) is 0.500. The van der Waals surface area contributed by atoms with Crippen molar-refractivity contribution in [2.24, 2.45) is 5.92 Å². The summed E-state index contributed by atoms with van der Waals surface area (Å²) >= 11 is 0. The maximum atomic E-state index is 10.6. The van der Waals surface area contributed by atoms with E-state index in [0.29, 0.717) is 5.57 Å². The van der Waals surface area contributed by atoms with Crippen LogP contribution in [0.4, 0.5) is 0 Å². The summed E-state index contributed by atoms with van der Waals surface area (Å²) in [5.74, 6) is -1.11. The fourth-order valence-corrected chi connectivity index (χ4v) is 1.47. The van der Waals surface area contributed by atoms with Crippen molar-refractivity contribution in [3.05, 3.63) is 23.3 Å². The van der Waals surface area contributed by atoms with Crippen LogP contribution in [-0.2, 0) is 4.79 Å². The number of carboxylic acid groups (broad SMARTS) is 1. The summed E-state index contributed by atoms with van der Waals surface area (Å²) in [6, 6.07) is 0. The molecule has 1 aliphatic rings. The Morgan fingerprint density at radius 3 is 2.20 bits per heavy atom. The van der Waals surface area contributed by atoms with E-state index in [1.54, 1.807) is 6.08 Å². The molecule has 0 aliphatic heterocycles. The summed E-state index contributed by atoms with van der Waals surface area (Å²) in [5.41, 5.74) is 0.490. The van der Waals surface area contributed by atoms with Crippen LogP contribution in [0.5, 0.6) is 0 Å². The Morgan fingerprint density at radius 1 is 1.27 bits per heavy atom. The summed E-state index contributed by atoms with van der Waals surface area (Å²) in [6.45, 7) is 3.75. The second kappa shape index (κ2) is 6.29. The molecule has 0 aromatic rings. The minimum atomic E-state index is -1.32. The van der Waals surface area contributed by atoms with Gasteiger partial charge in [0.25, 0.3) is 0 Å². The average molecular weight is 237 g/mol. The van der Waals surface area contributed by atoms with Gasteiger partial charge in [-0.05, 0) is 17.6 Å². The van der Waals surface area contributed by atoms with Crippen LogP contribution in [0.3, 0.4) is 0 Å². The Hall–Kier alpha value is 0.506. The van der Waals surface area contributed by atoms with Crippen LogP contribution in [0.2, 0.25) is 0 Å². The molecule has 15 heavy (non-hydrogen) atoms. The molecule has 0 saturated heterocycles. The molecule has 0 saturated carbocycles. The van der Waals surface area contributed by atoms with Crippen LogP contribution in [0.1, 0.15) is 13.8 Å². The predicted octanol–water partition coefficient (Wildman–Crippen LogP) is -0.0656. The van der Waals surface area contributed by atoms with Gasteiger partial charge >= 0.3 is 5.97 Å². The van der Waals surface area contributed by atoms with Gasteiger partial charge in [-0.1, -0.05) is 19.9 Å². The van der Waals surface area contributed by atoms with E-state index in [1.807, 2.05) is 13.8 Å². The molecule has 4 nitrogen and oxygen atoms in total. The zero-order chi connectivity index (χ0) is 10.9. The molecule has 0 aromatic carbocycles. The number of carboxylic acids is 1. The largest absolute Gasteiger partial charge is 0.478 e. The van der Waals surface area contributed by atoms with Gasteiger partial charge in [-0.2, -0.15) is 0 Å². The number of hydrogen-bond acceptors (Lipinski definition) is 3. The first-order valence-electron chi connectivity index (χ1n) is 4.46. The van der Waals surface area contributed by atoms with Crippen LogP contribution in [0.25, 0.3) is 0 Å². The van der Waals surface area contributed by atoms with E-state index < -0.39 is 18.2 Å². The molecule has 79 valence electrons. The van der Waals surface area contributed by atoms with Gasteiger partial charge in [0, 0.05) is 51.4 Å². The molecule has 0 unspecified atom stereocenters. The van der Waals surface area contributed by atoms with Crippen LogP contribution in [-0.4, -0.2) is 84.9 Å². The SMILES string of the molecule is CC(C)C1=CC=C(C(=O)O)[C@@H](O)[C@H]1O.[K]. The van der Waals surface area contributed by atoms with E-state index in [4.69, 9.17) is 5.11 Å². The van der Waals surface area contributed by atoms with E-state index in [1.165, 1.54) is 6.08 Å². The van der Waals surface area contributed by atoms with Gasteiger partial charge in [0.2, 0.25) is 0 Å². The average Bonchev–Trinajstić information content (AvgIpc) is 2.08. The predicted molar refractivity (Wildman–Crippen MR) is 56.4 cm³/mol. The van der Waals surface area contributed by atoms with Crippen LogP contribution in [0, 0.1) is 5.92 Å². The van der Waals surface area contributed by atoms with Crippen LogP contribution < -0.4 is 0 Å². The van der Waals surface area contributed by atoms with Crippen molar-refractivity contribution < 1.29 is 20.1 Å². The Bertz CT molecular complexity index is 307. The van der Waals surface area contributed by atoms with Gasteiger partial charge in [0.15, 0.2) is 0 Å². The molecule has 0 fully saturated rings. The standard InChI is InChI=1S/C10H14O4.K/c1-5(2)6-3-4-7(10(13)14)9(12)8(6)11;/h3-5,8-9,11-12H,1-2H3,(H,13,14);/t8-,9+;/m0./s1. The van der Waals surface area contributed by atoms with E-state index in [-0.39, 0.29) is 62.9 Å². The van der Waals surface area contributed by atoms with Crippen molar-refractivity contribution in [2.45, 2.75) is 26.1 Å². The van der Waals surface area contributed by atoms with Gasteiger partial charge < -0.3 is 15.3 Å². The molecule has 1 rings (SSSR count).